The van der Waals surface area contributed by atoms with Gasteiger partial charge in [0.05, 0.1) is 17.4 Å². The van der Waals surface area contributed by atoms with Crippen molar-refractivity contribution in [2.45, 2.75) is 26.4 Å². The number of aryl methyl sites for hydroxylation is 1. The Bertz CT molecular complexity index is 1060. The maximum absolute atomic E-state index is 12.9. The normalized spacial score (nSPS) is 11.4. The van der Waals surface area contributed by atoms with Crippen LogP contribution in [0.15, 0.2) is 65.7 Å². The second kappa shape index (κ2) is 5.96. The lowest BCUT2D eigenvalue weighted by Crippen LogP contribution is -2.21. The van der Waals surface area contributed by atoms with E-state index in [4.69, 9.17) is 0 Å². The van der Waals surface area contributed by atoms with Crippen molar-refractivity contribution in [3.63, 3.8) is 0 Å². The third-order valence-electron chi connectivity index (χ3n) is 4.38. The summed E-state index contributed by atoms with van der Waals surface area (Å²) in [4.78, 5) is 17.3. The fourth-order valence-electron chi connectivity index (χ4n) is 3.31. The molecule has 2 aromatic carbocycles. The first-order valence-electron chi connectivity index (χ1n) is 8.30. The molecule has 0 N–H and O–H groups in total. The van der Waals surface area contributed by atoms with Gasteiger partial charge in [-0.3, -0.25) is 4.79 Å². The maximum atomic E-state index is 12.9. The van der Waals surface area contributed by atoms with E-state index in [9.17, 15) is 4.79 Å². The van der Waals surface area contributed by atoms with Crippen LogP contribution in [0.4, 0.5) is 0 Å². The largest absolute Gasteiger partial charge is 0.325 e. The van der Waals surface area contributed by atoms with Gasteiger partial charge in [-0.05, 0) is 18.1 Å². The van der Waals surface area contributed by atoms with Crippen molar-refractivity contribution in [3.8, 4) is 0 Å². The van der Waals surface area contributed by atoms with Crippen molar-refractivity contribution in [1.29, 1.82) is 0 Å². The average molecular weight is 317 g/mol. The molecule has 0 unspecified atom stereocenters. The van der Waals surface area contributed by atoms with Crippen molar-refractivity contribution >= 4 is 21.9 Å². The van der Waals surface area contributed by atoms with E-state index >= 15 is 0 Å². The standard InChI is InChI=1S/C20H19N3O/c1-2-12-23-17-11-7-6-10-16(17)19-18(20(23)24)21-14-22(19)13-15-8-4-3-5-9-15/h3-11,14H,2,12-13H2,1H3. The van der Waals surface area contributed by atoms with Crippen LogP contribution in [-0.4, -0.2) is 14.1 Å². The summed E-state index contributed by atoms with van der Waals surface area (Å²) in [5.74, 6) is 0. The predicted octanol–water partition coefficient (Wildman–Crippen LogP) is 3.81. The summed E-state index contributed by atoms with van der Waals surface area (Å²) in [5, 5.41) is 1.08. The number of rotatable bonds is 4. The van der Waals surface area contributed by atoms with Crippen LogP contribution in [0.3, 0.4) is 0 Å². The predicted molar refractivity (Wildman–Crippen MR) is 97.3 cm³/mol. The number of fused-ring (bicyclic) bond motifs is 3. The highest BCUT2D eigenvalue weighted by Gasteiger charge is 2.15. The molecule has 0 aliphatic carbocycles. The monoisotopic (exact) mass is 317 g/mol. The molecule has 0 saturated heterocycles. The average Bonchev–Trinajstić information content (AvgIpc) is 3.03. The minimum absolute atomic E-state index is 0.00244. The Kier molecular flexibility index (Phi) is 3.65. The Labute approximate surface area is 140 Å². The molecule has 0 radical (unpaired) electrons. The molecule has 24 heavy (non-hydrogen) atoms. The van der Waals surface area contributed by atoms with E-state index in [-0.39, 0.29) is 5.56 Å². The number of benzene rings is 2. The first kappa shape index (κ1) is 14.7. The second-order valence-corrected chi connectivity index (χ2v) is 6.03. The van der Waals surface area contributed by atoms with Crippen LogP contribution in [0, 0.1) is 0 Å². The SMILES string of the molecule is CCCn1c(=O)c2ncn(Cc3ccccc3)c2c2ccccc21. The topological polar surface area (TPSA) is 39.8 Å². The van der Waals surface area contributed by atoms with Crippen LogP contribution < -0.4 is 5.56 Å². The summed E-state index contributed by atoms with van der Waals surface area (Å²) >= 11 is 0. The third kappa shape index (κ3) is 2.31. The van der Waals surface area contributed by atoms with Crippen LogP contribution in [0.1, 0.15) is 18.9 Å². The van der Waals surface area contributed by atoms with Gasteiger partial charge in [0, 0.05) is 18.5 Å². The summed E-state index contributed by atoms with van der Waals surface area (Å²) in [6.45, 7) is 3.50. The van der Waals surface area contributed by atoms with Gasteiger partial charge in [-0.25, -0.2) is 4.98 Å². The van der Waals surface area contributed by atoms with E-state index in [2.05, 4.69) is 34.7 Å². The molecule has 4 rings (SSSR count). The first-order valence-corrected chi connectivity index (χ1v) is 8.30. The molecule has 0 saturated carbocycles. The summed E-state index contributed by atoms with van der Waals surface area (Å²) in [5.41, 5.74) is 3.65. The quantitative estimate of drug-likeness (QED) is 0.574. The highest BCUT2D eigenvalue weighted by Crippen LogP contribution is 2.23. The van der Waals surface area contributed by atoms with Crippen molar-refractivity contribution < 1.29 is 0 Å². The lowest BCUT2D eigenvalue weighted by Gasteiger charge is -2.12. The highest BCUT2D eigenvalue weighted by atomic mass is 16.1. The van der Waals surface area contributed by atoms with Gasteiger partial charge in [0.1, 0.15) is 0 Å². The molecule has 4 aromatic rings. The van der Waals surface area contributed by atoms with Crippen molar-refractivity contribution in [1.82, 2.24) is 14.1 Å². The van der Waals surface area contributed by atoms with Gasteiger partial charge >= 0.3 is 0 Å². The van der Waals surface area contributed by atoms with Crippen molar-refractivity contribution in [2.24, 2.45) is 0 Å². The number of aromatic nitrogens is 3. The summed E-state index contributed by atoms with van der Waals surface area (Å²) in [6.07, 6.45) is 2.70. The molecule has 0 atom stereocenters. The van der Waals surface area contributed by atoms with E-state index in [0.29, 0.717) is 18.6 Å². The lowest BCUT2D eigenvalue weighted by atomic mass is 10.1. The van der Waals surface area contributed by atoms with E-state index in [1.165, 1.54) is 5.56 Å². The molecule has 0 amide bonds. The number of pyridine rings is 1. The van der Waals surface area contributed by atoms with Crippen molar-refractivity contribution in [2.75, 3.05) is 0 Å². The zero-order valence-electron chi connectivity index (χ0n) is 13.6. The van der Waals surface area contributed by atoms with Gasteiger partial charge in [0.15, 0.2) is 5.52 Å². The van der Waals surface area contributed by atoms with E-state index < -0.39 is 0 Å². The number of nitrogens with zero attached hydrogens (tertiary/aromatic N) is 3. The Balaban J connectivity index is 2.00. The van der Waals surface area contributed by atoms with E-state index in [1.54, 1.807) is 6.33 Å². The van der Waals surface area contributed by atoms with Gasteiger partial charge in [0.2, 0.25) is 0 Å². The van der Waals surface area contributed by atoms with Crippen LogP contribution in [-0.2, 0) is 13.1 Å². The fraction of sp³-hybridized carbons (Fsp3) is 0.200. The fourth-order valence-corrected chi connectivity index (χ4v) is 3.31. The third-order valence-corrected chi connectivity index (χ3v) is 4.38. The molecule has 2 aromatic heterocycles. The van der Waals surface area contributed by atoms with Crippen molar-refractivity contribution in [3.05, 3.63) is 76.8 Å². The molecule has 0 bridgehead atoms. The summed E-state index contributed by atoms with van der Waals surface area (Å²) < 4.78 is 3.92. The summed E-state index contributed by atoms with van der Waals surface area (Å²) in [6, 6.07) is 18.3. The molecule has 0 aliphatic heterocycles. The minimum atomic E-state index is -0.00244. The van der Waals surface area contributed by atoms with E-state index in [1.807, 2.05) is 41.0 Å². The number of para-hydroxylation sites is 1. The summed E-state index contributed by atoms with van der Waals surface area (Å²) in [7, 11) is 0. The lowest BCUT2D eigenvalue weighted by molar-refractivity contribution is 0.682. The molecule has 0 aliphatic rings. The maximum Gasteiger partial charge on any atom is 0.279 e. The first-order chi connectivity index (χ1) is 11.8. The molecular weight excluding hydrogens is 298 g/mol. The molecule has 4 nitrogen and oxygen atoms in total. The Morgan fingerprint density at radius 2 is 1.75 bits per heavy atom. The number of hydrogen-bond donors (Lipinski definition) is 0. The van der Waals surface area contributed by atoms with Gasteiger partial charge < -0.3 is 9.13 Å². The molecule has 4 heteroatoms. The van der Waals surface area contributed by atoms with Gasteiger partial charge in [0.25, 0.3) is 5.56 Å². The number of hydrogen-bond acceptors (Lipinski definition) is 2. The van der Waals surface area contributed by atoms with Crippen LogP contribution in [0.2, 0.25) is 0 Å². The van der Waals surface area contributed by atoms with Gasteiger partial charge in [-0.1, -0.05) is 55.5 Å². The number of imidazole rings is 1. The molecule has 0 fully saturated rings. The highest BCUT2D eigenvalue weighted by molar-refractivity contribution is 6.02. The second-order valence-electron chi connectivity index (χ2n) is 6.03. The minimum Gasteiger partial charge on any atom is -0.325 e. The van der Waals surface area contributed by atoms with Gasteiger partial charge in [-0.15, -0.1) is 0 Å². The Morgan fingerprint density at radius 1 is 1.00 bits per heavy atom. The molecular formula is C20H19N3O. The smallest absolute Gasteiger partial charge is 0.279 e. The zero-order valence-corrected chi connectivity index (χ0v) is 13.6. The van der Waals surface area contributed by atoms with E-state index in [0.717, 1.165) is 22.8 Å². The Hall–Kier alpha value is -2.88. The van der Waals surface area contributed by atoms with Crippen LogP contribution >= 0.6 is 0 Å². The molecule has 2 heterocycles. The van der Waals surface area contributed by atoms with Gasteiger partial charge in [-0.2, -0.15) is 0 Å². The molecule has 120 valence electrons. The Morgan fingerprint density at radius 3 is 2.54 bits per heavy atom. The zero-order chi connectivity index (χ0) is 16.5. The van der Waals surface area contributed by atoms with Crippen LogP contribution in [0.5, 0.6) is 0 Å². The molecule has 0 spiro atoms. The van der Waals surface area contributed by atoms with Crippen LogP contribution in [0.25, 0.3) is 21.9 Å².